The van der Waals surface area contributed by atoms with Gasteiger partial charge in [-0.2, -0.15) is 0 Å². The van der Waals surface area contributed by atoms with E-state index in [0.29, 0.717) is 53.4 Å². The number of benzene rings is 1. The van der Waals surface area contributed by atoms with Crippen LogP contribution in [0.2, 0.25) is 5.02 Å². The predicted octanol–water partition coefficient (Wildman–Crippen LogP) is 4.86. The monoisotopic (exact) mass is 426 g/mol. The van der Waals surface area contributed by atoms with Gasteiger partial charge in [0.2, 0.25) is 11.8 Å². The minimum Gasteiger partial charge on any atom is -0.478 e. The maximum Gasteiger partial charge on any atom is 0.253 e. The van der Waals surface area contributed by atoms with Crippen LogP contribution in [0.4, 0.5) is 8.78 Å². The first-order valence-electron chi connectivity index (χ1n) is 9.76. The number of methoxy groups -OCH3 is 1. The third kappa shape index (κ3) is 5.76. The van der Waals surface area contributed by atoms with Gasteiger partial charge in [0, 0.05) is 51.0 Å². The number of hydrogen-bond donors (Lipinski definition) is 1. The van der Waals surface area contributed by atoms with E-state index in [2.05, 4.69) is 10.3 Å². The summed E-state index contributed by atoms with van der Waals surface area (Å²) in [4.78, 5) is 17.2. The number of carbonyl (C=O) groups is 1. The quantitative estimate of drug-likeness (QED) is 0.612. The van der Waals surface area contributed by atoms with Crippen molar-refractivity contribution < 1.29 is 23.0 Å². The van der Waals surface area contributed by atoms with E-state index in [4.69, 9.17) is 21.1 Å². The number of nitrogens with zero attached hydrogens (tertiary/aromatic N) is 1. The molecule has 1 aromatic carbocycles. The van der Waals surface area contributed by atoms with E-state index in [0.717, 1.165) is 6.42 Å². The van der Waals surface area contributed by atoms with Gasteiger partial charge in [0.25, 0.3) is 5.91 Å². The molecule has 5 nitrogen and oxygen atoms in total. The normalized spacial score (nSPS) is 18.6. The Morgan fingerprint density at radius 1 is 1.31 bits per heavy atom. The lowest BCUT2D eigenvalue weighted by atomic mass is 9.86. The van der Waals surface area contributed by atoms with Crippen LogP contribution in [0.15, 0.2) is 24.3 Å². The second kappa shape index (κ2) is 9.67. The molecule has 0 spiro atoms. The van der Waals surface area contributed by atoms with Crippen molar-refractivity contribution in [3.8, 4) is 5.88 Å². The zero-order valence-corrected chi connectivity index (χ0v) is 17.1. The Kier molecular flexibility index (Phi) is 7.24. The fourth-order valence-corrected chi connectivity index (χ4v) is 3.88. The summed E-state index contributed by atoms with van der Waals surface area (Å²) >= 11 is 6.27. The minimum absolute atomic E-state index is 0.0753. The van der Waals surface area contributed by atoms with Gasteiger partial charge in [-0.1, -0.05) is 11.6 Å². The van der Waals surface area contributed by atoms with Gasteiger partial charge in [-0.3, -0.25) is 4.79 Å². The Balaban J connectivity index is 1.70. The molecule has 0 saturated heterocycles. The summed E-state index contributed by atoms with van der Waals surface area (Å²) in [6.45, 7) is 1.27. The zero-order valence-electron chi connectivity index (χ0n) is 16.3. The molecule has 8 heteroatoms. The molecule has 0 aliphatic heterocycles. The van der Waals surface area contributed by atoms with Crippen LogP contribution in [0.25, 0.3) is 10.9 Å². The maximum atomic E-state index is 13.6. The highest BCUT2D eigenvalue weighted by Gasteiger charge is 2.36. The third-order valence-corrected chi connectivity index (χ3v) is 5.37. The molecular formula is C21H25ClF2N2O3. The first kappa shape index (κ1) is 21.7. The van der Waals surface area contributed by atoms with E-state index in [-0.39, 0.29) is 31.2 Å². The topological polar surface area (TPSA) is 60.5 Å². The number of aromatic nitrogens is 1. The van der Waals surface area contributed by atoms with Crippen LogP contribution < -0.4 is 10.1 Å². The van der Waals surface area contributed by atoms with Crippen molar-refractivity contribution in [2.45, 2.75) is 38.0 Å². The smallest absolute Gasteiger partial charge is 0.253 e. The number of pyridine rings is 1. The van der Waals surface area contributed by atoms with Crippen molar-refractivity contribution in [3.63, 3.8) is 0 Å². The number of hydrogen-bond acceptors (Lipinski definition) is 4. The number of ether oxygens (including phenoxy) is 2. The molecule has 1 heterocycles. The van der Waals surface area contributed by atoms with Gasteiger partial charge in [0.1, 0.15) is 0 Å². The number of rotatable bonds is 8. The second-order valence-corrected chi connectivity index (χ2v) is 7.77. The van der Waals surface area contributed by atoms with Crippen LogP contribution in [0.1, 0.15) is 42.5 Å². The van der Waals surface area contributed by atoms with Crippen LogP contribution >= 0.6 is 11.6 Å². The van der Waals surface area contributed by atoms with Crippen LogP contribution in [-0.4, -0.2) is 43.7 Å². The Bertz CT molecular complexity index is 863. The largest absolute Gasteiger partial charge is 0.478 e. The van der Waals surface area contributed by atoms with Crippen molar-refractivity contribution >= 4 is 28.4 Å². The fourth-order valence-electron chi connectivity index (χ4n) is 3.63. The summed E-state index contributed by atoms with van der Waals surface area (Å²) in [6.07, 6.45) is 1.63. The Morgan fingerprint density at radius 3 is 2.90 bits per heavy atom. The Hall–Kier alpha value is -1.99. The first-order valence-corrected chi connectivity index (χ1v) is 10.1. The molecule has 1 fully saturated rings. The molecular weight excluding hydrogens is 402 g/mol. The van der Waals surface area contributed by atoms with Gasteiger partial charge < -0.3 is 14.8 Å². The lowest BCUT2D eigenvalue weighted by molar-refractivity contribution is -0.0518. The van der Waals surface area contributed by atoms with Crippen LogP contribution in [0, 0.1) is 5.92 Å². The van der Waals surface area contributed by atoms with E-state index < -0.39 is 5.92 Å². The number of alkyl halides is 2. The standard InChI is InChI=1S/C21H25ClF2N2O3/c1-28-10-3-11-29-18-8-5-15-17(26-18)7-6-16(22)19(15)20(27)25-13-14-4-2-9-21(23,24)12-14/h5-8,14H,2-4,9-13H2,1H3,(H,25,27). The molecule has 1 amide bonds. The number of amides is 1. The Morgan fingerprint density at radius 2 is 2.14 bits per heavy atom. The van der Waals surface area contributed by atoms with E-state index in [1.165, 1.54) is 0 Å². The van der Waals surface area contributed by atoms with E-state index in [1.807, 2.05) is 0 Å². The average Bonchev–Trinajstić information content (AvgIpc) is 2.69. The Labute approximate surface area is 173 Å². The van der Waals surface area contributed by atoms with Crippen molar-refractivity contribution in [3.05, 3.63) is 34.9 Å². The highest BCUT2D eigenvalue weighted by Crippen LogP contribution is 2.36. The van der Waals surface area contributed by atoms with E-state index in [9.17, 15) is 13.6 Å². The molecule has 0 radical (unpaired) electrons. The molecule has 3 rings (SSSR count). The molecule has 1 N–H and O–H groups in total. The molecule has 1 aliphatic rings. The van der Waals surface area contributed by atoms with Crippen molar-refractivity contribution in [2.75, 3.05) is 26.9 Å². The first-order chi connectivity index (χ1) is 13.9. The molecule has 1 atom stereocenters. The SMILES string of the molecule is COCCCOc1ccc2c(C(=O)NCC3CCCC(F)(F)C3)c(Cl)ccc2n1. The molecule has 0 bridgehead atoms. The van der Waals surface area contributed by atoms with Crippen LogP contribution in [0.5, 0.6) is 5.88 Å². The minimum atomic E-state index is -2.64. The van der Waals surface area contributed by atoms with Gasteiger partial charge in [-0.05, 0) is 37.0 Å². The highest BCUT2D eigenvalue weighted by molar-refractivity contribution is 6.35. The van der Waals surface area contributed by atoms with Crippen LogP contribution in [-0.2, 0) is 4.74 Å². The molecule has 1 aromatic heterocycles. The summed E-state index contributed by atoms with van der Waals surface area (Å²) in [7, 11) is 1.63. The van der Waals surface area contributed by atoms with Gasteiger partial charge in [-0.25, -0.2) is 13.8 Å². The predicted molar refractivity (Wildman–Crippen MR) is 108 cm³/mol. The maximum absolute atomic E-state index is 13.6. The van der Waals surface area contributed by atoms with Crippen molar-refractivity contribution in [1.29, 1.82) is 0 Å². The summed E-state index contributed by atoms with van der Waals surface area (Å²) in [5, 5.41) is 3.65. The number of halogens is 3. The van der Waals surface area contributed by atoms with Gasteiger partial charge >= 0.3 is 0 Å². The molecule has 29 heavy (non-hydrogen) atoms. The molecule has 2 aromatic rings. The zero-order chi connectivity index (χ0) is 20.9. The third-order valence-electron chi connectivity index (χ3n) is 5.06. The van der Waals surface area contributed by atoms with Gasteiger partial charge in [0.05, 0.1) is 22.7 Å². The average molecular weight is 427 g/mol. The van der Waals surface area contributed by atoms with Crippen molar-refractivity contribution in [2.24, 2.45) is 5.92 Å². The molecule has 1 saturated carbocycles. The highest BCUT2D eigenvalue weighted by atomic mass is 35.5. The summed E-state index contributed by atoms with van der Waals surface area (Å²) < 4.78 is 37.7. The fraction of sp³-hybridized carbons (Fsp3) is 0.524. The molecule has 1 unspecified atom stereocenters. The van der Waals surface area contributed by atoms with Gasteiger partial charge in [-0.15, -0.1) is 0 Å². The number of fused-ring (bicyclic) bond motifs is 1. The van der Waals surface area contributed by atoms with Crippen LogP contribution in [0.3, 0.4) is 0 Å². The summed E-state index contributed by atoms with van der Waals surface area (Å²) in [6, 6.07) is 6.75. The number of nitrogens with one attached hydrogen (secondary N) is 1. The van der Waals surface area contributed by atoms with E-state index >= 15 is 0 Å². The van der Waals surface area contributed by atoms with Crippen molar-refractivity contribution in [1.82, 2.24) is 10.3 Å². The lowest BCUT2D eigenvalue weighted by Crippen LogP contribution is -2.35. The summed E-state index contributed by atoms with van der Waals surface area (Å²) in [5.41, 5.74) is 0.873. The summed E-state index contributed by atoms with van der Waals surface area (Å²) in [5.74, 6) is -2.81. The lowest BCUT2D eigenvalue weighted by Gasteiger charge is -2.29. The number of carbonyl (C=O) groups excluding carboxylic acids is 1. The second-order valence-electron chi connectivity index (χ2n) is 7.36. The van der Waals surface area contributed by atoms with E-state index in [1.54, 1.807) is 31.4 Å². The van der Waals surface area contributed by atoms with Gasteiger partial charge in [0.15, 0.2) is 0 Å². The molecule has 158 valence electrons. The molecule has 1 aliphatic carbocycles.